The number of imidazole rings is 1. The highest BCUT2D eigenvalue weighted by atomic mass is 35.5. The summed E-state index contributed by atoms with van der Waals surface area (Å²) >= 11 is 6.47. The molecular formula is C23H20ClN3O4S. The lowest BCUT2D eigenvalue weighted by Gasteiger charge is -2.14. The Balaban J connectivity index is 1.60. The number of nitrogens with zero attached hydrogens (tertiary/aromatic N) is 3. The largest absolute Gasteiger partial charge is 0.464 e. The van der Waals surface area contributed by atoms with E-state index >= 15 is 0 Å². The van der Waals surface area contributed by atoms with Gasteiger partial charge < -0.3 is 8.98 Å². The van der Waals surface area contributed by atoms with E-state index in [0.29, 0.717) is 23.2 Å². The smallest absolute Gasteiger partial charge is 0.292 e. The number of carbonyl (C=O) groups excluding carboxylic acids is 1. The molecule has 32 heavy (non-hydrogen) atoms. The third-order valence-electron chi connectivity index (χ3n) is 5.03. The van der Waals surface area contributed by atoms with Gasteiger partial charge in [-0.15, -0.1) is 0 Å². The van der Waals surface area contributed by atoms with Gasteiger partial charge in [0.25, 0.3) is 5.91 Å². The van der Waals surface area contributed by atoms with Crippen LogP contribution < -0.4 is 4.31 Å². The number of carbonyl (C=O) groups is 1. The minimum absolute atomic E-state index is 0.0330. The van der Waals surface area contributed by atoms with Crippen LogP contribution in [-0.4, -0.2) is 23.9 Å². The van der Waals surface area contributed by atoms with Crippen molar-refractivity contribution >= 4 is 34.1 Å². The Labute approximate surface area is 192 Å². The lowest BCUT2D eigenvalue weighted by atomic mass is 10.1. The number of furan rings is 1. The molecule has 0 atom stereocenters. The van der Waals surface area contributed by atoms with Crippen LogP contribution in [-0.2, 0) is 17.4 Å². The number of aryl methyl sites for hydroxylation is 2. The lowest BCUT2D eigenvalue weighted by molar-refractivity contribution is 0.100. The molecule has 0 aliphatic carbocycles. The topological polar surface area (TPSA) is 85.4 Å². The van der Waals surface area contributed by atoms with Crippen LogP contribution in [0.15, 0.2) is 71.5 Å². The molecule has 0 aliphatic rings. The Morgan fingerprint density at radius 1 is 1.12 bits per heavy atom. The van der Waals surface area contributed by atoms with E-state index in [1.165, 1.54) is 6.20 Å². The monoisotopic (exact) mass is 469 g/mol. The Morgan fingerprint density at radius 3 is 2.50 bits per heavy atom. The zero-order valence-corrected chi connectivity index (χ0v) is 19.0. The van der Waals surface area contributed by atoms with Crippen LogP contribution in [0.2, 0.25) is 5.02 Å². The summed E-state index contributed by atoms with van der Waals surface area (Å²) in [5, 5.41) is 0.545. The summed E-state index contributed by atoms with van der Waals surface area (Å²) in [7, 11) is -3.18. The van der Waals surface area contributed by atoms with Crippen molar-refractivity contribution in [2.75, 3.05) is 4.31 Å². The molecule has 0 aliphatic heterocycles. The number of rotatable bonds is 6. The number of thiol groups is 1. The SMILES string of the molecule is Cc1ccc(N(C(=O)c2cn(Cc3ccc(-c4ccco4)cc3Cl)c(C)n2)[SH](=O)=O)cc1. The van der Waals surface area contributed by atoms with Crippen molar-refractivity contribution in [1.82, 2.24) is 9.55 Å². The van der Waals surface area contributed by atoms with E-state index in [2.05, 4.69) is 4.98 Å². The summed E-state index contributed by atoms with van der Waals surface area (Å²) in [6, 6.07) is 15.9. The zero-order valence-electron chi connectivity index (χ0n) is 17.4. The Kier molecular flexibility index (Phi) is 6.16. The summed E-state index contributed by atoms with van der Waals surface area (Å²) in [6.45, 7) is 4.00. The average Bonchev–Trinajstić information content (AvgIpc) is 3.41. The van der Waals surface area contributed by atoms with Gasteiger partial charge in [-0.2, -0.15) is 0 Å². The van der Waals surface area contributed by atoms with Gasteiger partial charge in [0.1, 0.15) is 17.3 Å². The molecule has 0 fully saturated rings. The van der Waals surface area contributed by atoms with Crippen molar-refractivity contribution in [3.8, 4) is 11.3 Å². The summed E-state index contributed by atoms with van der Waals surface area (Å²) in [5.74, 6) is 0.559. The Hall–Kier alpha value is -3.36. The average molecular weight is 470 g/mol. The van der Waals surface area contributed by atoms with E-state index in [0.717, 1.165) is 21.0 Å². The van der Waals surface area contributed by atoms with Crippen LogP contribution in [0.4, 0.5) is 5.69 Å². The summed E-state index contributed by atoms with van der Waals surface area (Å²) in [4.78, 5) is 17.2. The van der Waals surface area contributed by atoms with Crippen LogP contribution >= 0.6 is 11.6 Å². The maximum atomic E-state index is 13.0. The van der Waals surface area contributed by atoms with Crippen LogP contribution in [0, 0.1) is 13.8 Å². The van der Waals surface area contributed by atoms with Gasteiger partial charge in [-0.05, 0) is 49.7 Å². The van der Waals surface area contributed by atoms with E-state index in [4.69, 9.17) is 16.0 Å². The molecule has 0 bridgehead atoms. The second kappa shape index (κ2) is 9.02. The van der Waals surface area contributed by atoms with E-state index in [1.54, 1.807) is 48.1 Å². The van der Waals surface area contributed by atoms with Crippen molar-refractivity contribution in [2.24, 2.45) is 0 Å². The van der Waals surface area contributed by atoms with E-state index in [-0.39, 0.29) is 11.4 Å². The van der Waals surface area contributed by atoms with Gasteiger partial charge in [0.2, 0.25) is 10.9 Å². The molecule has 4 aromatic rings. The standard InChI is InChI=1S/C23H20ClN3O4S/c1-15-5-9-19(10-6-15)27(32(29)30)23(28)21-14-26(16(2)25-21)13-18-8-7-17(12-20(18)24)22-4-3-11-31-22/h3-12,14,32H,13H2,1-2H3. The maximum absolute atomic E-state index is 13.0. The molecule has 0 N–H and O–H groups in total. The Bertz CT molecular complexity index is 1330. The number of hydrogen-bond acceptors (Lipinski definition) is 5. The fourth-order valence-corrected chi connectivity index (χ4v) is 4.12. The molecule has 4 rings (SSSR count). The summed E-state index contributed by atoms with van der Waals surface area (Å²) < 4.78 is 31.6. The normalized spacial score (nSPS) is 11.1. The maximum Gasteiger partial charge on any atom is 0.292 e. The van der Waals surface area contributed by atoms with Crippen LogP contribution in [0.3, 0.4) is 0 Å². The number of amides is 1. The molecule has 9 heteroatoms. The molecule has 0 saturated carbocycles. The summed E-state index contributed by atoms with van der Waals surface area (Å²) in [6.07, 6.45) is 3.13. The van der Waals surface area contributed by atoms with Gasteiger partial charge in [-0.25, -0.2) is 17.7 Å². The molecule has 7 nitrogen and oxygen atoms in total. The molecule has 0 spiro atoms. The van der Waals surface area contributed by atoms with Crippen LogP contribution in [0.5, 0.6) is 0 Å². The first kappa shape index (κ1) is 21.9. The molecule has 0 saturated heterocycles. The van der Waals surface area contributed by atoms with Crippen molar-refractivity contribution in [1.29, 1.82) is 0 Å². The minimum Gasteiger partial charge on any atom is -0.464 e. The van der Waals surface area contributed by atoms with Gasteiger partial charge in [-0.3, -0.25) is 4.79 Å². The van der Waals surface area contributed by atoms with Gasteiger partial charge in [0.05, 0.1) is 18.5 Å². The quantitative estimate of drug-likeness (QED) is 0.416. The van der Waals surface area contributed by atoms with E-state index in [1.807, 2.05) is 31.2 Å². The van der Waals surface area contributed by atoms with Gasteiger partial charge in [-0.1, -0.05) is 41.4 Å². The molecule has 2 aromatic heterocycles. The highest BCUT2D eigenvalue weighted by Crippen LogP contribution is 2.27. The summed E-state index contributed by atoms with van der Waals surface area (Å²) in [5.41, 5.74) is 2.94. The molecule has 164 valence electrons. The van der Waals surface area contributed by atoms with Crippen molar-refractivity contribution in [3.63, 3.8) is 0 Å². The van der Waals surface area contributed by atoms with Gasteiger partial charge in [0.15, 0.2) is 0 Å². The molecule has 0 unspecified atom stereocenters. The highest BCUT2D eigenvalue weighted by Gasteiger charge is 2.23. The fraction of sp³-hybridized carbons (Fsp3) is 0.130. The van der Waals surface area contributed by atoms with Crippen LogP contribution in [0.1, 0.15) is 27.4 Å². The first-order chi connectivity index (χ1) is 15.3. The molecule has 2 heterocycles. The van der Waals surface area contributed by atoms with Gasteiger partial charge in [0, 0.05) is 16.8 Å². The second-order valence-corrected chi connectivity index (χ2v) is 8.56. The van der Waals surface area contributed by atoms with Crippen molar-refractivity contribution < 1.29 is 17.6 Å². The second-order valence-electron chi connectivity index (χ2n) is 7.28. The predicted octanol–water partition coefficient (Wildman–Crippen LogP) is 4.63. The van der Waals surface area contributed by atoms with Crippen LogP contribution in [0.25, 0.3) is 11.3 Å². The third-order valence-corrected chi connectivity index (χ3v) is 6.12. The molecule has 2 aromatic carbocycles. The van der Waals surface area contributed by atoms with Gasteiger partial charge >= 0.3 is 0 Å². The first-order valence-electron chi connectivity index (χ1n) is 9.75. The van der Waals surface area contributed by atoms with E-state index < -0.39 is 16.8 Å². The zero-order chi connectivity index (χ0) is 22.8. The first-order valence-corrected chi connectivity index (χ1v) is 11.3. The van der Waals surface area contributed by atoms with Crippen molar-refractivity contribution in [3.05, 3.63) is 94.7 Å². The number of anilines is 1. The number of benzene rings is 2. The number of hydrogen-bond donors (Lipinski definition) is 1. The fourth-order valence-electron chi connectivity index (χ4n) is 3.31. The molecule has 1 amide bonds. The van der Waals surface area contributed by atoms with E-state index in [9.17, 15) is 13.2 Å². The Morgan fingerprint density at radius 2 is 1.88 bits per heavy atom. The number of aromatic nitrogens is 2. The van der Waals surface area contributed by atoms with Crippen molar-refractivity contribution in [2.45, 2.75) is 20.4 Å². The lowest BCUT2D eigenvalue weighted by Crippen LogP contribution is -2.29. The minimum atomic E-state index is -3.18. The molecule has 0 radical (unpaired) electrons. The predicted molar refractivity (Wildman–Crippen MR) is 124 cm³/mol. The highest BCUT2D eigenvalue weighted by molar-refractivity contribution is 7.75. The number of halogens is 1. The third kappa shape index (κ3) is 4.46. The molecular weight excluding hydrogens is 450 g/mol.